The summed E-state index contributed by atoms with van der Waals surface area (Å²) in [5.41, 5.74) is 1.81. The van der Waals surface area contributed by atoms with Crippen LogP contribution in [0.25, 0.3) is 0 Å². The van der Waals surface area contributed by atoms with E-state index in [0.29, 0.717) is 6.54 Å². The number of aromatic amines is 1. The van der Waals surface area contributed by atoms with Crippen LogP contribution in [-0.2, 0) is 16.6 Å². The van der Waals surface area contributed by atoms with E-state index in [1.807, 2.05) is 6.07 Å². The first-order valence-corrected chi connectivity index (χ1v) is 7.80. The van der Waals surface area contributed by atoms with Gasteiger partial charge in [0.15, 0.2) is 0 Å². The minimum atomic E-state index is -3.43. The molecular formula is C13H18N4O2S. The standard InChI is InChI=1S/C13H18N4O2S/c1-10(2)17-20(18,19)13-5-3-11(4-6-13)14-9-12-7-8-15-16-12/h3-8,10,14,17H,9H2,1-2H3,(H,15,16). The van der Waals surface area contributed by atoms with Gasteiger partial charge in [-0.3, -0.25) is 5.10 Å². The lowest BCUT2D eigenvalue weighted by Crippen LogP contribution is -2.30. The second kappa shape index (κ2) is 6.06. The van der Waals surface area contributed by atoms with Crippen LogP contribution in [0.5, 0.6) is 0 Å². The molecule has 108 valence electrons. The number of benzene rings is 1. The minimum Gasteiger partial charge on any atom is -0.379 e. The summed E-state index contributed by atoms with van der Waals surface area (Å²) in [7, 11) is -3.43. The molecule has 0 aliphatic rings. The third-order valence-electron chi connectivity index (χ3n) is 2.60. The average molecular weight is 294 g/mol. The van der Waals surface area contributed by atoms with Crippen molar-refractivity contribution in [2.24, 2.45) is 0 Å². The van der Waals surface area contributed by atoms with E-state index in [0.717, 1.165) is 11.4 Å². The molecule has 1 aromatic heterocycles. The van der Waals surface area contributed by atoms with Crippen molar-refractivity contribution in [2.45, 2.75) is 31.3 Å². The van der Waals surface area contributed by atoms with Crippen LogP contribution in [0, 0.1) is 0 Å². The van der Waals surface area contributed by atoms with Gasteiger partial charge in [-0.2, -0.15) is 5.10 Å². The van der Waals surface area contributed by atoms with E-state index in [9.17, 15) is 8.42 Å². The summed E-state index contributed by atoms with van der Waals surface area (Å²) in [4.78, 5) is 0.262. The topological polar surface area (TPSA) is 86.9 Å². The highest BCUT2D eigenvalue weighted by atomic mass is 32.2. The lowest BCUT2D eigenvalue weighted by atomic mass is 10.3. The van der Waals surface area contributed by atoms with Gasteiger partial charge in [-0.1, -0.05) is 0 Å². The van der Waals surface area contributed by atoms with Gasteiger partial charge in [0.2, 0.25) is 10.0 Å². The van der Waals surface area contributed by atoms with Crippen LogP contribution in [-0.4, -0.2) is 24.7 Å². The van der Waals surface area contributed by atoms with Crippen LogP contribution in [0.3, 0.4) is 0 Å². The molecule has 0 bridgehead atoms. The van der Waals surface area contributed by atoms with Crippen molar-refractivity contribution in [2.75, 3.05) is 5.32 Å². The molecule has 0 unspecified atom stereocenters. The molecule has 7 heteroatoms. The van der Waals surface area contributed by atoms with E-state index >= 15 is 0 Å². The number of nitrogens with one attached hydrogen (secondary N) is 3. The first-order chi connectivity index (χ1) is 9.47. The summed E-state index contributed by atoms with van der Waals surface area (Å²) in [6.07, 6.45) is 1.68. The van der Waals surface area contributed by atoms with Gasteiger partial charge in [-0.15, -0.1) is 0 Å². The SMILES string of the molecule is CC(C)NS(=O)(=O)c1ccc(NCc2ccn[nH]2)cc1. The predicted octanol–water partition coefficient (Wildman–Crippen LogP) is 1.71. The van der Waals surface area contributed by atoms with Crippen LogP contribution in [0.15, 0.2) is 41.4 Å². The third-order valence-corrected chi connectivity index (χ3v) is 4.27. The smallest absolute Gasteiger partial charge is 0.240 e. The van der Waals surface area contributed by atoms with Crippen molar-refractivity contribution >= 4 is 15.7 Å². The van der Waals surface area contributed by atoms with Crippen molar-refractivity contribution in [3.8, 4) is 0 Å². The Balaban J connectivity index is 2.02. The maximum atomic E-state index is 12.0. The zero-order valence-electron chi connectivity index (χ0n) is 11.4. The number of hydrogen-bond donors (Lipinski definition) is 3. The second-order valence-electron chi connectivity index (χ2n) is 4.74. The lowest BCUT2D eigenvalue weighted by Gasteiger charge is -2.10. The Morgan fingerprint density at radius 1 is 1.20 bits per heavy atom. The average Bonchev–Trinajstić information content (AvgIpc) is 2.88. The number of sulfonamides is 1. The normalized spacial score (nSPS) is 11.8. The number of anilines is 1. The number of hydrogen-bond acceptors (Lipinski definition) is 4. The fraction of sp³-hybridized carbons (Fsp3) is 0.308. The Morgan fingerprint density at radius 2 is 1.90 bits per heavy atom. The highest BCUT2D eigenvalue weighted by Crippen LogP contribution is 2.14. The zero-order valence-corrected chi connectivity index (χ0v) is 12.2. The van der Waals surface area contributed by atoms with Crippen LogP contribution < -0.4 is 10.0 Å². The van der Waals surface area contributed by atoms with Gasteiger partial charge in [0, 0.05) is 17.9 Å². The van der Waals surface area contributed by atoms with Gasteiger partial charge in [0.05, 0.1) is 17.1 Å². The summed E-state index contributed by atoms with van der Waals surface area (Å²) in [6.45, 7) is 4.19. The van der Waals surface area contributed by atoms with Gasteiger partial charge in [-0.25, -0.2) is 13.1 Å². The molecule has 0 saturated carbocycles. The molecule has 0 aliphatic carbocycles. The van der Waals surface area contributed by atoms with Gasteiger partial charge in [0.1, 0.15) is 0 Å². The van der Waals surface area contributed by atoms with Crippen molar-refractivity contribution < 1.29 is 8.42 Å². The van der Waals surface area contributed by atoms with Gasteiger partial charge >= 0.3 is 0 Å². The maximum Gasteiger partial charge on any atom is 0.240 e. The van der Waals surface area contributed by atoms with Crippen LogP contribution >= 0.6 is 0 Å². The minimum absolute atomic E-state index is 0.127. The first kappa shape index (κ1) is 14.5. The Kier molecular flexibility index (Phi) is 4.41. The fourth-order valence-corrected chi connectivity index (χ4v) is 2.96. The molecule has 0 radical (unpaired) electrons. The zero-order chi connectivity index (χ0) is 14.6. The molecule has 0 amide bonds. The summed E-state index contributed by atoms with van der Waals surface area (Å²) in [5.74, 6) is 0. The molecule has 20 heavy (non-hydrogen) atoms. The van der Waals surface area contributed by atoms with Crippen molar-refractivity contribution in [3.05, 3.63) is 42.2 Å². The monoisotopic (exact) mass is 294 g/mol. The predicted molar refractivity (Wildman–Crippen MR) is 77.8 cm³/mol. The van der Waals surface area contributed by atoms with E-state index in [-0.39, 0.29) is 10.9 Å². The van der Waals surface area contributed by atoms with E-state index < -0.39 is 10.0 Å². The molecule has 6 nitrogen and oxygen atoms in total. The maximum absolute atomic E-state index is 12.0. The molecule has 3 N–H and O–H groups in total. The molecule has 0 spiro atoms. The Morgan fingerprint density at radius 3 is 2.45 bits per heavy atom. The molecule has 2 aromatic rings. The van der Waals surface area contributed by atoms with Gasteiger partial charge < -0.3 is 5.32 Å². The van der Waals surface area contributed by atoms with E-state index in [1.54, 1.807) is 44.3 Å². The molecule has 0 saturated heterocycles. The molecule has 2 rings (SSSR count). The molecule has 0 aliphatic heterocycles. The quantitative estimate of drug-likeness (QED) is 0.757. The molecule has 0 atom stereocenters. The second-order valence-corrected chi connectivity index (χ2v) is 6.45. The molecular weight excluding hydrogens is 276 g/mol. The Bertz CT molecular complexity index is 634. The number of H-pyrrole nitrogens is 1. The van der Waals surface area contributed by atoms with Gasteiger partial charge in [0.25, 0.3) is 0 Å². The Hall–Kier alpha value is -1.86. The van der Waals surface area contributed by atoms with Crippen molar-refractivity contribution in [1.82, 2.24) is 14.9 Å². The summed E-state index contributed by atoms with van der Waals surface area (Å²) in [5, 5.41) is 9.88. The summed E-state index contributed by atoms with van der Waals surface area (Å²) in [6, 6.07) is 8.40. The summed E-state index contributed by atoms with van der Waals surface area (Å²) < 4.78 is 26.5. The molecule has 1 aromatic carbocycles. The van der Waals surface area contributed by atoms with Crippen LogP contribution in [0.4, 0.5) is 5.69 Å². The summed E-state index contributed by atoms with van der Waals surface area (Å²) >= 11 is 0. The van der Waals surface area contributed by atoms with E-state index in [1.165, 1.54) is 0 Å². The van der Waals surface area contributed by atoms with Gasteiger partial charge in [-0.05, 0) is 44.2 Å². The molecule has 0 fully saturated rings. The van der Waals surface area contributed by atoms with Crippen molar-refractivity contribution in [3.63, 3.8) is 0 Å². The third kappa shape index (κ3) is 3.82. The lowest BCUT2D eigenvalue weighted by molar-refractivity contribution is 0.570. The van der Waals surface area contributed by atoms with E-state index in [2.05, 4.69) is 20.2 Å². The Labute approximate surface area is 118 Å². The number of aromatic nitrogens is 2. The van der Waals surface area contributed by atoms with Crippen molar-refractivity contribution in [1.29, 1.82) is 0 Å². The largest absolute Gasteiger partial charge is 0.379 e. The van der Waals surface area contributed by atoms with Crippen LogP contribution in [0.1, 0.15) is 19.5 Å². The number of rotatable bonds is 6. The van der Waals surface area contributed by atoms with E-state index in [4.69, 9.17) is 0 Å². The fourth-order valence-electron chi connectivity index (χ4n) is 1.71. The highest BCUT2D eigenvalue weighted by Gasteiger charge is 2.14. The highest BCUT2D eigenvalue weighted by molar-refractivity contribution is 7.89. The van der Waals surface area contributed by atoms with Crippen LogP contribution in [0.2, 0.25) is 0 Å². The first-order valence-electron chi connectivity index (χ1n) is 6.32. The molecule has 1 heterocycles. The number of nitrogens with zero attached hydrogens (tertiary/aromatic N) is 1.